The molecule has 3 nitrogen and oxygen atoms in total. The molecule has 0 saturated carbocycles. The second-order valence-electron chi connectivity index (χ2n) is 4.08. The van der Waals surface area contributed by atoms with Crippen LogP contribution in [-0.2, 0) is 4.84 Å². The number of quaternary nitrogens is 1. The zero-order valence-corrected chi connectivity index (χ0v) is 8.09. The Kier molecular flexibility index (Phi) is 3.98. The van der Waals surface area contributed by atoms with Crippen LogP contribution in [0.15, 0.2) is 0 Å². The van der Waals surface area contributed by atoms with Gasteiger partial charge in [-0.2, -0.15) is 0 Å². The molecular weight excluding hydrogens is 158 g/mol. The van der Waals surface area contributed by atoms with Gasteiger partial charge in [-0.15, -0.1) is 0 Å². The van der Waals surface area contributed by atoms with Crippen molar-refractivity contribution in [2.24, 2.45) is 5.90 Å². The van der Waals surface area contributed by atoms with Crippen molar-refractivity contribution >= 4 is 0 Å². The lowest BCUT2D eigenvalue weighted by molar-refractivity contribution is -0.914. The molecule has 1 aliphatic rings. The molecule has 1 saturated heterocycles. The lowest BCUT2D eigenvalue weighted by Gasteiger charge is -2.37. The van der Waals surface area contributed by atoms with Crippen LogP contribution in [0.3, 0.4) is 0 Å². The highest BCUT2D eigenvalue weighted by Crippen LogP contribution is 2.16. The van der Waals surface area contributed by atoms with Crippen molar-refractivity contribution in [3.63, 3.8) is 0 Å². The Morgan fingerprint density at radius 3 is 2.50 bits per heavy atom. The van der Waals surface area contributed by atoms with Gasteiger partial charge in [-0.05, 0) is 19.3 Å². The first-order chi connectivity index (χ1) is 5.77. The van der Waals surface area contributed by atoms with Gasteiger partial charge in [-0.1, -0.05) is 0 Å². The normalized spacial score (nSPS) is 22.5. The second kappa shape index (κ2) is 4.80. The van der Waals surface area contributed by atoms with Crippen molar-refractivity contribution in [2.45, 2.75) is 25.7 Å². The predicted molar refractivity (Wildman–Crippen MR) is 49.4 cm³/mol. The van der Waals surface area contributed by atoms with E-state index in [0.717, 1.165) is 6.42 Å². The van der Waals surface area contributed by atoms with E-state index < -0.39 is 0 Å². The molecule has 3 heteroatoms. The van der Waals surface area contributed by atoms with E-state index in [4.69, 9.17) is 5.90 Å². The Hall–Kier alpha value is -0.120. The lowest BCUT2D eigenvalue weighted by Crippen LogP contribution is -2.48. The van der Waals surface area contributed by atoms with Gasteiger partial charge in [0, 0.05) is 6.42 Å². The van der Waals surface area contributed by atoms with Crippen molar-refractivity contribution in [3.05, 3.63) is 0 Å². The van der Waals surface area contributed by atoms with Gasteiger partial charge in [0.05, 0.1) is 33.3 Å². The van der Waals surface area contributed by atoms with E-state index in [9.17, 15) is 0 Å². The first kappa shape index (κ1) is 9.96. The Morgan fingerprint density at radius 1 is 1.25 bits per heavy atom. The number of piperidine rings is 1. The SMILES string of the molecule is [13CH3][N+]1([13CH2][13CH2][13CH2]ON)[13CH2]CCC[13CH2]1. The second-order valence-corrected chi connectivity index (χ2v) is 4.08. The van der Waals surface area contributed by atoms with Crippen molar-refractivity contribution in [1.82, 2.24) is 0 Å². The maximum Gasteiger partial charge on any atom is 0.0807 e. The van der Waals surface area contributed by atoms with Crippen LogP contribution in [-0.4, -0.2) is 37.8 Å². The molecule has 1 rings (SSSR count). The van der Waals surface area contributed by atoms with Crippen molar-refractivity contribution in [1.29, 1.82) is 0 Å². The third kappa shape index (κ3) is 3.09. The molecule has 0 aromatic heterocycles. The summed E-state index contributed by atoms with van der Waals surface area (Å²) in [5.74, 6) is 4.98. The van der Waals surface area contributed by atoms with Crippen LogP contribution < -0.4 is 5.90 Å². The summed E-state index contributed by atoms with van der Waals surface area (Å²) in [4.78, 5) is 4.57. The number of hydrogen-bond acceptors (Lipinski definition) is 2. The molecule has 0 radical (unpaired) electrons. The Morgan fingerprint density at radius 2 is 1.92 bits per heavy atom. The molecule has 0 aliphatic carbocycles. The third-order valence-corrected chi connectivity index (χ3v) is 2.86. The minimum atomic E-state index is 0.702. The van der Waals surface area contributed by atoms with Gasteiger partial charge in [-0.3, -0.25) is 0 Å². The number of nitrogens with zero attached hydrogens (tertiary/aromatic N) is 1. The molecule has 1 heterocycles. The molecule has 2 N–H and O–H groups in total. The molecule has 0 unspecified atom stereocenters. The van der Waals surface area contributed by atoms with Crippen LogP contribution in [0, 0.1) is 0 Å². The molecule has 0 aromatic carbocycles. The summed E-state index contributed by atoms with van der Waals surface area (Å²) >= 11 is 0. The number of nitrogens with two attached hydrogens (primary N) is 1. The van der Waals surface area contributed by atoms with Crippen LogP contribution in [0.4, 0.5) is 0 Å². The largest absolute Gasteiger partial charge is 0.326 e. The fourth-order valence-corrected chi connectivity index (χ4v) is 2.03. The summed E-state index contributed by atoms with van der Waals surface area (Å²) in [5, 5.41) is 0. The number of rotatable bonds is 4. The van der Waals surface area contributed by atoms with Gasteiger partial charge in [0.15, 0.2) is 0 Å². The summed E-state index contributed by atoms with van der Waals surface area (Å²) in [6.07, 6.45) is 5.29. The van der Waals surface area contributed by atoms with Crippen LogP contribution >= 0.6 is 0 Å². The Bertz CT molecular complexity index is 122. The highest BCUT2D eigenvalue weighted by Gasteiger charge is 2.23. The molecular formula is C9H21N2O+. The molecule has 0 spiro atoms. The van der Waals surface area contributed by atoms with Crippen LogP contribution in [0.2, 0.25) is 0 Å². The summed E-state index contributed by atoms with van der Waals surface area (Å²) in [6, 6.07) is 0. The molecule has 0 bridgehead atoms. The van der Waals surface area contributed by atoms with E-state index >= 15 is 0 Å². The van der Waals surface area contributed by atoms with E-state index in [0.29, 0.717) is 6.61 Å². The van der Waals surface area contributed by atoms with Gasteiger partial charge >= 0.3 is 0 Å². The van der Waals surface area contributed by atoms with E-state index in [1.807, 2.05) is 0 Å². The molecule has 0 atom stereocenters. The molecule has 72 valence electrons. The fraction of sp³-hybridized carbons (Fsp3) is 1.00. The standard InChI is InChI=1S/C9H21N2O/c1-11(8-5-9-12-10)6-3-2-4-7-11/h2-10H2,1H3/q+1/i1+1,5+1,6+1,7+1,8+1,9+1. The first-order valence-electron chi connectivity index (χ1n) is 4.92. The Balaban J connectivity index is 2.17. The van der Waals surface area contributed by atoms with Crippen molar-refractivity contribution in [3.8, 4) is 0 Å². The summed E-state index contributed by atoms with van der Waals surface area (Å²) in [7, 11) is 2.34. The molecule has 0 amide bonds. The summed E-state index contributed by atoms with van der Waals surface area (Å²) in [5.41, 5.74) is 0. The average molecular weight is 179 g/mol. The van der Waals surface area contributed by atoms with Crippen LogP contribution in [0.5, 0.6) is 0 Å². The average Bonchev–Trinajstić information content (AvgIpc) is 2.06. The lowest BCUT2D eigenvalue weighted by atomic mass is 10.3. The number of hydrogen-bond donors (Lipinski definition) is 1. The predicted octanol–water partition coefficient (Wildman–Crippen LogP) is 0.897. The maximum atomic E-state index is 4.98. The van der Waals surface area contributed by atoms with Crippen molar-refractivity contribution in [2.75, 3.05) is 33.3 Å². The molecule has 1 fully saturated rings. The third-order valence-electron chi connectivity index (χ3n) is 2.86. The van der Waals surface area contributed by atoms with Gasteiger partial charge in [-0.25, -0.2) is 5.90 Å². The topological polar surface area (TPSA) is 35.2 Å². The molecule has 1 aliphatic heterocycles. The van der Waals surface area contributed by atoms with Crippen LogP contribution in [0.1, 0.15) is 25.7 Å². The van der Waals surface area contributed by atoms with E-state index in [1.54, 1.807) is 0 Å². The zero-order chi connectivity index (χ0) is 8.86. The quantitative estimate of drug-likeness (QED) is 0.301. The minimum absolute atomic E-state index is 0.702. The van der Waals surface area contributed by atoms with E-state index in [2.05, 4.69) is 11.9 Å². The first-order valence-corrected chi connectivity index (χ1v) is 4.92. The zero-order valence-electron chi connectivity index (χ0n) is 8.09. The minimum Gasteiger partial charge on any atom is -0.326 e. The van der Waals surface area contributed by atoms with Crippen LogP contribution in [0.25, 0.3) is 0 Å². The van der Waals surface area contributed by atoms with Gasteiger partial charge in [0.1, 0.15) is 0 Å². The highest BCUT2D eigenvalue weighted by molar-refractivity contribution is 4.51. The Labute approximate surface area is 75.0 Å². The van der Waals surface area contributed by atoms with Crippen molar-refractivity contribution < 1.29 is 9.32 Å². The van der Waals surface area contributed by atoms with Gasteiger partial charge in [0.2, 0.25) is 0 Å². The monoisotopic (exact) mass is 179 g/mol. The fourth-order valence-electron chi connectivity index (χ4n) is 2.03. The molecule has 0 aromatic rings. The molecule has 12 heavy (non-hydrogen) atoms. The maximum absolute atomic E-state index is 4.98. The summed E-state index contributed by atoms with van der Waals surface area (Å²) in [6.45, 7) is 4.60. The highest BCUT2D eigenvalue weighted by atomic mass is 16.7. The van der Waals surface area contributed by atoms with Gasteiger partial charge < -0.3 is 9.32 Å². The van der Waals surface area contributed by atoms with E-state index in [-0.39, 0.29) is 0 Å². The summed E-state index contributed by atoms with van der Waals surface area (Å²) < 4.78 is 1.23. The smallest absolute Gasteiger partial charge is 0.0807 e. The number of likely N-dealkylation sites (tertiary alicyclic amines) is 1. The van der Waals surface area contributed by atoms with E-state index in [1.165, 1.54) is 43.4 Å². The van der Waals surface area contributed by atoms with Gasteiger partial charge in [0.25, 0.3) is 0 Å².